The number of piperazine rings is 1. The first-order chi connectivity index (χ1) is 11.1. The molecule has 0 bridgehead atoms. The van der Waals surface area contributed by atoms with E-state index in [1.807, 2.05) is 0 Å². The molecule has 1 atom stereocenters. The first kappa shape index (κ1) is 16.9. The smallest absolute Gasteiger partial charge is 0.140 e. The van der Waals surface area contributed by atoms with Gasteiger partial charge >= 0.3 is 0 Å². The van der Waals surface area contributed by atoms with Gasteiger partial charge in [0.25, 0.3) is 0 Å². The van der Waals surface area contributed by atoms with Gasteiger partial charge < -0.3 is 14.5 Å². The van der Waals surface area contributed by atoms with Crippen LogP contribution in [0.1, 0.15) is 29.9 Å². The van der Waals surface area contributed by atoms with E-state index in [0.29, 0.717) is 6.54 Å². The number of aryl methyl sites for hydroxylation is 1. The lowest BCUT2D eigenvalue weighted by molar-refractivity contribution is 0.0589. The van der Waals surface area contributed by atoms with Gasteiger partial charge in [0.1, 0.15) is 11.5 Å². The van der Waals surface area contributed by atoms with Crippen LogP contribution >= 0.6 is 0 Å². The van der Waals surface area contributed by atoms with Gasteiger partial charge in [-0.25, -0.2) is 0 Å². The predicted octanol–water partition coefficient (Wildman–Crippen LogP) is 0.594. The Kier molecular flexibility index (Phi) is 5.69. The Morgan fingerprint density at radius 2 is 1.96 bits per heavy atom. The van der Waals surface area contributed by atoms with Crippen LogP contribution in [0.2, 0.25) is 0 Å². The summed E-state index contributed by atoms with van der Waals surface area (Å²) in [5.74, 6) is 1.08. The lowest BCUT2D eigenvalue weighted by Gasteiger charge is -2.34. The predicted molar refractivity (Wildman–Crippen MR) is 89.4 cm³/mol. The Morgan fingerprint density at radius 1 is 1.22 bits per heavy atom. The second kappa shape index (κ2) is 7.75. The van der Waals surface area contributed by atoms with Crippen molar-refractivity contribution in [1.29, 1.82) is 0 Å². The topological polar surface area (TPSA) is 56.0 Å². The van der Waals surface area contributed by atoms with Crippen LogP contribution in [0.4, 0.5) is 0 Å². The fourth-order valence-electron chi connectivity index (χ4n) is 3.64. The minimum atomic E-state index is -0.314. The third kappa shape index (κ3) is 4.53. The summed E-state index contributed by atoms with van der Waals surface area (Å²) in [7, 11) is 4.21. The second-order valence-corrected chi connectivity index (χ2v) is 7.19. The largest absolute Gasteiger partial charge is 0.390 e. The van der Waals surface area contributed by atoms with Gasteiger partial charge in [-0.2, -0.15) is 0 Å². The summed E-state index contributed by atoms with van der Waals surface area (Å²) in [6.07, 6.45) is 4.24. The normalized spacial score (nSPS) is 21.6. The zero-order chi connectivity index (χ0) is 16.2. The van der Waals surface area contributed by atoms with Gasteiger partial charge in [0.05, 0.1) is 6.10 Å². The maximum atomic E-state index is 10.4. The molecule has 23 heavy (non-hydrogen) atoms. The fraction of sp³-hybridized carbons (Fsp3) is 0.824. The molecule has 6 heteroatoms. The molecular weight excluding hydrogens is 292 g/mol. The van der Waals surface area contributed by atoms with Crippen LogP contribution in [-0.4, -0.2) is 84.4 Å². The molecule has 0 spiro atoms. The van der Waals surface area contributed by atoms with Crippen molar-refractivity contribution in [1.82, 2.24) is 19.9 Å². The molecule has 6 nitrogen and oxygen atoms in total. The highest BCUT2D eigenvalue weighted by Gasteiger charge is 2.22. The summed E-state index contributed by atoms with van der Waals surface area (Å²) < 4.78 is 5.47. The molecule has 130 valence electrons. The number of likely N-dealkylation sites (N-methyl/N-ethyl adjacent to an activating group) is 2. The van der Waals surface area contributed by atoms with Gasteiger partial charge in [-0.05, 0) is 33.4 Å². The number of hydrogen-bond acceptors (Lipinski definition) is 6. The van der Waals surface area contributed by atoms with Crippen LogP contribution in [0.3, 0.4) is 0 Å². The maximum Gasteiger partial charge on any atom is 0.140 e. The number of nitrogens with zero attached hydrogens (tertiary/aromatic N) is 4. The van der Waals surface area contributed by atoms with E-state index in [4.69, 9.17) is 4.52 Å². The van der Waals surface area contributed by atoms with Crippen molar-refractivity contribution >= 4 is 0 Å². The highest BCUT2D eigenvalue weighted by Crippen LogP contribution is 2.24. The number of aliphatic hydroxyl groups excluding tert-OH is 1. The van der Waals surface area contributed by atoms with Gasteiger partial charge in [0.2, 0.25) is 0 Å². The molecule has 1 unspecified atom stereocenters. The first-order valence-corrected chi connectivity index (χ1v) is 8.85. The Labute approximate surface area is 139 Å². The lowest BCUT2D eigenvalue weighted by Crippen LogP contribution is -2.48. The molecule has 1 aliphatic heterocycles. The van der Waals surface area contributed by atoms with Crippen LogP contribution in [0, 0.1) is 0 Å². The molecule has 0 aromatic carbocycles. The molecule has 2 aliphatic rings. The minimum Gasteiger partial charge on any atom is -0.390 e. The van der Waals surface area contributed by atoms with Crippen molar-refractivity contribution in [3.63, 3.8) is 0 Å². The third-order valence-electron chi connectivity index (χ3n) is 5.04. The van der Waals surface area contributed by atoms with Crippen LogP contribution in [0.15, 0.2) is 4.52 Å². The van der Waals surface area contributed by atoms with Crippen LogP contribution < -0.4 is 0 Å². The summed E-state index contributed by atoms with van der Waals surface area (Å²) in [4.78, 5) is 6.85. The van der Waals surface area contributed by atoms with Crippen molar-refractivity contribution in [3.8, 4) is 0 Å². The summed E-state index contributed by atoms with van der Waals surface area (Å²) in [5, 5.41) is 14.6. The van der Waals surface area contributed by atoms with Crippen LogP contribution in [0.25, 0.3) is 0 Å². The van der Waals surface area contributed by atoms with Gasteiger partial charge in [-0.1, -0.05) is 5.16 Å². The maximum absolute atomic E-state index is 10.4. The first-order valence-electron chi connectivity index (χ1n) is 8.85. The summed E-state index contributed by atoms with van der Waals surface area (Å²) in [6, 6.07) is 0. The molecule has 1 saturated heterocycles. The molecule has 1 fully saturated rings. The molecule has 1 N–H and O–H groups in total. The minimum absolute atomic E-state index is 0.314. The zero-order valence-corrected chi connectivity index (χ0v) is 14.5. The number of β-amino-alcohol motifs (C(OH)–C–C–N with tert-alkyl or cyclic N) is 1. The van der Waals surface area contributed by atoms with E-state index in [1.165, 1.54) is 18.4 Å². The second-order valence-electron chi connectivity index (χ2n) is 7.19. The standard InChI is InChI=1S/C17H30N4O2/c1-19-7-9-21(10-8-19)12-14(22)11-20(2)13-16-15-5-3-4-6-17(15)23-18-16/h14,22H,3-13H2,1-2H3. The molecule has 0 amide bonds. The Hall–Kier alpha value is -0.950. The van der Waals surface area contributed by atoms with E-state index in [9.17, 15) is 5.11 Å². The van der Waals surface area contributed by atoms with E-state index < -0.39 is 0 Å². The highest BCUT2D eigenvalue weighted by molar-refractivity contribution is 5.25. The molecule has 0 radical (unpaired) electrons. The fourth-order valence-corrected chi connectivity index (χ4v) is 3.64. The Bertz CT molecular complexity index is 497. The van der Waals surface area contributed by atoms with E-state index in [2.05, 4.69) is 34.0 Å². The summed E-state index contributed by atoms with van der Waals surface area (Å²) in [6.45, 7) is 6.48. The number of aromatic nitrogens is 1. The third-order valence-corrected chi connectivity index (χ3v) is 5.04. The highest BCUT2D eigenvalue weighted by atomic mass is 16.5. The lowest BCUT2D eigenvalue weighted by atomic mass is 9.96. The van der Waals surface area contributed by atoms with Crippen molar-refractivity contribution in [2.45, 2.75) is 38.3 Å². The molecule has 1 aromatic rings. The average molecular weight is 322 g/mol. The van der Waals surface area contributed by atoms with Gasteiger partial charge in [-0.15, -0.1) is 0 Å². The quantitative estimate of drug-likeness (QED) is 0.827. The van der Waals surface area contributed by atoms with Crippen LogP contribution in [-0.2, 0) is 19.4 Å². The molecule has 2 heterocycles. The van der Waals surface area contributed by atoms with E-state index in [-0.39, 0.29) is 6.10 Å². The monoisotopic (exact) mass is 322 g/mol. The SMILES string of the molecule is CN1CCN(CC(O)CN(C)Cc2noc3c2CCCC3)CC1. The molecule has 1 aliphatic carbocycles. The van der Waals surface area contributed by atoms with E-state index in [1.54, 1.807) is 0 Å². The van der Waals surface area contributed by atoms with Crippen molar-refractivity contribution < 1.29 is 9.63 Å². The number of aliphatic hydroxyl groups is 1. The van der Waals surface area contributed by atoms with Gasteiger partial charge in [-0.3, -0.25) is 9.80 Å². The number of fused-ring (bicyclic) bond motifs is 1. The summed E-state index contributed by atoms with van der Waals surface area (Å²) >= 11 is 0. The number of rotatable bonds is 6. The molecular formula is C17H30N4O2. The van der Waals surface area contributed by atoms with Crippen molar-refractivity contribution in [2.75, 3.05) is 53.4 Å². The van der Waals surface area contributed by atoms with E-state index in [0.717, 1.165) is 63.6 Å². The molecule has 0 saturated carbocycles. The van der Waals surface area contributed by atoms with Crippen LogP contribution in [0.5, 0.6) is 0 Å². The van der Waals surface area contributed by atoms with Crippen molar-refractivity contribution in [3.05, 3.63) is 17.0 Å². The zero-order valence-electron chi connectivity index (χ0n) is 14.5. The molecule has 3 rings (SSSR count). The molecule has 1 aromatic heterocycles. The van der Waals surface area contributed by atoms with Crippen molar-refractivity contribution in [2.24, 2.45) is 0 Å². The Morgan fingerprint density at radius 3 is 2.74 bits per heavy atom. The number of hydrogen-bond donors (Lipinski definition) is 1. The van der Waals surface area contributed by atoms with Gasteiger partial charge in [0.15, 0.2) is 0 Å². The van der Waals surface area contributed by atoms with E-state index >= 15 is 0 Å². The Balaban J connectivity index is 1.45. The van der Waals surface area contributed by atoms with Gasteiger partial charge in [0, 0.05) is 57.8 Å². The summed E-state index contributed by atoms with van der Waals surface area (Å²) in [5.41, 5.74) is 2.38. The average Bonchev–Trinajstić information content (AvgIpc) is 2.93.